The zero-order chi connectivity index (χ0) is 15.1. The first-order chi connectivity index (χ1) is 10.2. The number of carbonyl (C=O) groups is 1. The van der Waals surface area contributed by atoms with E-state index in [1.807, 2.05) is 49.4 Å². The Morgan fingerprint density at radius 1 is 1.19 bits per heavy atom. The molecule has 4 nitrogen and oxygen atoms in total. The summed E-state index contributed by atoms with van der Waals surface area (Å²) in [5.41, 5.74) is 2.01. The number of hydrogen-bond donors (Lipinski definition) is 0. The highest BCUT2D eigenvalue weighted by Crippen LogP contribution is 2.15. The lowest BCUT2D eigenvalue weighted by molar-refractivity contribution is -0.132. The van der Waals surface area contributed by atoms with E-state index in [-0.39, 0.29) is 12.5 Å². The van der Waals surface area contributed by atoms with Gasteiger partial charge in [0, 0.05) is 31.9 Å². The third-order valence-electron chi connectivity index (χ3n) is 3.30. The third kappa shape index (κ3) is 4.60. The van der Waals surface area contributed by atoms with E-state index in [1.54, 1.807) is 18.1 Å². The maximum Gasteiger partial charge on any atom is 0.260 e. The molecule has 0 unspecified atom stereocenters. The van der Waals surface area contributed by atoms with Crippen LogP contribution in [0.2, 0.25) is 0 Å². The molecule has 0 spiro atoms. The monoisotopic (exact) mass is 284 g/mol. The predicted octanol–water partition coefficient (Wildman–Crippen LogP) is 2.47. The normalized spacial score (nSPS) is 10.2. The van der Waals surface area contributed by atoms with E-state index < -0.39 is 0 Å². The Balaban J connectivity index is 1.79. The average Bonchev–Trinajstić information content (AvgIpc) is 2.52. The van der Waals surface area contributed by atoms with Gasteiger partial charge in [0.2, 0.25) is 0 Å². The van der Waals surface area contributed by atoms with Crippen molar-refractivity contribution in [2.24, 2.45) is 0 Å². The number of pyridine rings is 1. The third-order valence-corrected chi connectivity index (χ3v) is 3.30. The Hall–Kier alpha value is -2.36. The van der Waals surface area contributed by atoms with Crippen molar-refractivity contribution < 1.29 is 9.53 Å². The van der Waals surface area contributed by atoms with Crippen molar-refractivity contribution in [2.75, 3.05) is 20.2 Å². The second-order valence-corrected chi connectivity index (χ2v) is 4.94. The van der Waals surface area contributed by atoms with Crippen LogP contribution in [-0.4, -0.2) is 36.0 Å². The Labute approximate surface area is 125 Å². The summed E-state index contributed by atoms with van der Waals surface area (Å²) in [6.07, 6.45) is 2.51. The molecule has 2 rings (SSSR count). The first kappa shape index (κ1) is 15.0. The van der Waals surface area contributed by atoms with Crippen molar-refractivity contribution in [3.8, 4) is 5.75 Å². The molecule has 0 fully saturated rings. The zero-order valence-electron chi connectivity index (χ0n) is 12.5. The van der Waals surface area contributed by atoms with E-state index >= 15 is 0 Å². The van der Waals surface area contributed by atoms with Crippen molar-refractivity contribution in [3.05, 3.63) is 59.9 Å². The quantitative estimate of drug-likeness (QED) is 0.818. The van der Waals surface area contributed by atoms with Crippen molar-refractivity contribution in [1.82, 2.24) is 9.88 Å². The predicted molar refractivity (Wildman–Crippen MR) is 82.3 cm³/mol. The van der Waals surface area contributed by atoms with Crippen LogP contribution in [0.3, 0.4) is 0 Å². The molecule has 0 aliphatic rings. The van der Waals surface area contributed by atoms with Crippen LogP contribution in [-0.2, 0) is 11.2 Å². The number of nitrogens with zero attached hydrogens (tertiary/aromatic N) is 2. The summed E-state index contributed by atoms with van der Waals surface area (Å²) >= 11 is 0. The molecule has 21 heavy (non-hydrogen) atoms. The lowest BCUT2D eigenvalue weighted by Crippen LogP contribution is -2.33. The number of carbonyl (C=O) groups excluding carboxylic acids is 1. The van der Waals surface area contributed by atoms with Gasteiger partial charge in [-0.1, -0.05) is 24.3 Å². The number of aromatic nitrogens is 1. The maximum absolute atomic E-state index is 12.0. The lowest BCUT2D eigenvalue weighted by atomic mass is 10.2. The van der Waals surface area contributed by atoms with Crippen molar-refractivity contribution >= 4 is 5.91 Å². The van der Waals surface area contributed by atoms with Crippen LogP contribution < -0.4 is 4.74 Å². The first-order valence-corrected chi connectivity index (χ1v) is 6.99. The summed E-state index contributed by atoms with van der Waals surface area (Å²) in [6, 6.07) is 13.5. The van der Waals surface area contributed by atoms with E-state index in [2.05, 4.69) is 4.98 Å². The number of para-hydroxylation sites is 1. The van der Waals surface area contributed by atoms with Gasteiger partial charge in [0.15, 0.2) is 6.61 Å². The number of hydrogen-bond acceptors (Lipinski definition) is 3. The molecule has 0 N–H and O–H groups in total. The molecule has 1 amide bonds. The van der Waals surface area contributed by atoms with Gasteiger partial charge in [-0.2, -0.15) is 0 Å². The number of aryl methyl sites for hydroxylation is 1. The van der Waals surface area contributed by atoms with Crippen LogP contribution in [0.5, 0.6) is 5.75 Å². The minimum Gasteiger partial charge on any atom is -0.484 e. The molecule has 0 atom stereocenters. The molecule has 0 aliphatic heterocycles. The van der Waals surface area contributed by atoms with Gasteiger partial charge in [-0.05, 0) is 30.7 Å². The zero-order valence-corrected chi connectivity index (χ0v) is 12.5. The van der Waals surface area contributed by atoms with Gasteiger partial charge >= 0.3 is 0 Å². The summed E-state index contributed by atoms with van der Waals surface area (Å²) < 4.78 is 5.56. The van der Waals surface area contributed by atoms with E-state index in [4.69, 9.17) is 4.74 Å². The fourth-order valence-electron chi connectivity index (χ4n) is 1.92. The van der Waals surface area contributed by atoms with Gasteiger partial charge in [0.25, 0.3) is 5.91 Å². The van der Waals surface area contributed by atoms with Crippen LogP contribution in [0.15, 0.2) is 48.7 Å². The molecule has 4 heteroatoms. The van der Waals surface area contributed by atoms with Crippen LogP contribution in [0, 0.1) is 6.92 Å². The molecule has 2 aromatic rings. The fraction of sp³-hybridized carbons (Fsp3) is 0.294. The minimum absolute atomic E-state index is 0.0332. The topological polar surface area (TPSA) is 42.4 Å². The van der Waals surface area contributed by atoms with Crippen LogP contribution in [0.4, 0.5) is 0 Å². The van der Waals surface area contributed by atoms with Gasteiger partial charge in [0.05, 0.1) is 0 Å². The molecular weight excluding hydrogens is 264 g/mol. The first-order valence-electron chi connectivity index (χ1n) is 6.99. The fourth-order valence-corrected chi connectivity index (χ4v) is 1.92. The van der Waals surface area contributed by atoms with Gasteiger partial charge in [0.1, 0.15) is 5.75 Å². The molecule has 0 bridgehead atoms. The summed E-state index contributed by atoms with van der Waals surface area (Å²) in [5, 5.41) is 0. The summed E-state index contributed by atoms with van der Waals surface area (Å²) in [7, 11) is 1.78. The Morgan fingerprint density at radius 3 is 2.67 bits per heavy atom. The van der Waals surface area contributed by atoms with Gasteiger partial charge < -0.3 is 9.64 Å². The molecule has 0 aliphatic carbocycles. The highest BCUT2D eigenvalue weighted by atomic mass is 16.5. The maximum atomic E-state index is 12.0. The number of rotatable bonds is 6. The van der Waals surface area contributed by atoms with Crippen LogP contribution >= 0.6 is 0 Å². The SMILES string of the molecule is Cc1ccccc1OCC(=O)N(C)CCc1ccccn1. The standard InChI is InChI=1S/C17H20N2O2/c1-14-7-3-4-9-16(14)21-13-17(20)19(2)12-10-15-8-5-6-11-18-15/h3-9,11H,10,12-13H2,1-2H3. The summed E-state index contributed by atoms with van der Waals surface area (Å²) in [6.45, 7) is 2.65. The number of benzene rings is 1. The average molecular weight is 284 g/mol. The van der Waals surface area contributed by atoms with E-state index in [0.29, 0.717) is 6.54 Å². The second kappa shape index (κ2) is 7.43. The largest absolute Gasteiger partial charge is 0.484 e. The Kier molecular flexibility index (Phi) is 5.32. The molecule has 110 valence electrons. The van der Waals surface area contributed by atoms with Gasteiger partial charge in [-0.25, -0.2) is 0 Å². The molecule has 0 saturated carbocycles. The number of likely N-dealkylation sites (N-methyl/N-ethyl adjacent to an activating group) is 1. The van der Waals surface area contributed by atoms with Crippen molar-refractivity contribution in [1.29, 1.82) is 0 Å². The second-order valence-electron chi connectivity index (χ2n) is 4.94. The Bertz CT molecular complexity index is 584. The van der Waals surface area contributed by atoms with E-state index in [1.165, 1.54) is 0 Å². The van der Waals surface area contributed by atoms with E-state index in [0.717, 1.165) is 23.4 Å². The van der Waals surface area contributed by atoms with Crippen LogP contribution in [0.25, 0.3) is 0 Å². The molecular formula is C17H20N2O2. The molecule has 1 aromatic carbocycles. The highest BCUT2D eigenvalue weighted by Gasteiger charge is 2.10. The smallest absolute Gasteiger partial charge is 0.260 e. The Morgan fingerprint density at radius 2 is 1.95 bits per heavy atom. The molecule has 0 radical (unpaired) electrons. The summed E-state index contributed by atoms with van der Waals surface area (Å²) in [5.74, 6) is 0.721. The molecule has 1 heterocycles. The molecule has 1 aromatic heterocycles. The van der Waals surface area contributed by atoms with Crippen molar-refractivity contribution in [3.63, 3.8) is 0 Å². The van der Waals surface area contributed by atoms with Gasteiger partial charge in [-0.15, -0.1) is 0 Å². The number of ether oxygens (including phenoxy) is 1. The van der Waals surface area contributed by atoms with Gasteiger partial charge in [-0.3, -0.25) is 9.78 Å². The molecule has 0 saturated heterocycles. The van der Waals surface area contributed by atoms with E-state index in [9.17, 15) is 4.79 Å². The summed E-state index contributed by atoms with van der Waals surface area (Å²) in [4.78, 5) is 17.9. The van der Waals surface area contributed by atoms with Crippen molar-refractivity contribution in [2.45, 2.75) is 13.3 Å². The number of amides is 1. The highest BCUT2D eigenvalue weighted by molar-refractivity contribution is 5.77. The minimum atomic E-state index is -0.0332. The van der Waals surface area contributed by atoms with Crippen LogP contribution in [0.1, 0.15) is 11.3 Å². The lowest BCUT2D eigenvalue weighted by Gasteiger charge is -2.17.